The minimum atomic E-state index is -0.597. The molecule has 10 atom stereocenters. The van der Waals surface area contributed by atoms with E-state index in [0.717, 1.165) is 48.1 Å². The van der Waals surface area contributed by atoms with Crippen LogP contribution >= 0.6 is 0 Å². The number of fused-ring (bicyclic) bond motifs is 5. The lowest BCUT2D eigenvalue weighted by atomic mass is 9.36. The molecule has 6 rings (SSSR count). The van der Waals surface area contributed by atoms with Crippen molar-refractivity contribution in [2.24, 2.45) is 39.9 Å². The molecule has 1 aromatic heterocycles. The van der Waals surface area contributed by atoms with Crippen molar-refractivity contribution in [1.29, 1.82) is 0 Å². The molecule has 4 aliphatic rings. The van der Waals surface area contributed by atoms with Crippen LogP contribution in [0.1, 0.15) is 111 Å². The molecular formula is C42H59N3O7. The number of carbonyl (C=O) groups is 2. The Morgan fingerprint density at radius 1 is 1.02 bits per heavy atom. The van der Waals surface area contributed by atoms with Crippen molar-refractivity contribution in [3.05, 3.63) is 64.5 Å². The third kappa shape index (κ3) is 6.86. The molecule has 0 bridgehead atoms. The lowest BCUT2D eigenvalue weighted by Crippen LogP contribution is -2.65. The van der Waals surface area contributed by atoms with Gasteiger partial charge in [-0.15, -0.1) is 5.10 Å². The Hall–Kier alpha value is -3.50. The van der Waals surface area contributed by atoms with Crippen LogP contribution in [0, 0.1) is 39.9 Å². The third-order valence-corrected chi connectivity index (χ3v) is 14.0. The minimum absolute atomic E-state index is 0.0221. The van der Waals surface area contributed by atoms with Gasteiger partial charge in [-0.25, -0.2) is 9.48 Å². The molecular weight excluding hydrogens is 658 g/mol. The Kier molecular flexibility index (Phi) is 10.8. The monoisotopic (exact) mass is 717 g/mol. The van der Waals surface area contributed by atoms with E-state index in [1.807, 2.05) is 38.1 Å². The van der Waals surface area contributed by atoms with E-state index in [0.29, 0.717) is 49.4 Å². The van der Waals surface area contributed by atoms with Crippen molar-refractivity contribution >= 4 is 11.9 Å². The normalized spacial score (nSPS) is 36.2. The van der Waals surface area contributed by atoms with Crippen molar-refractivity contribution in [2.75, 3.05) is 7.11 Å². The fourth-order valence-corrected chi connectivity index (χ4v) is 11.4. The molecule has 1 heterocycles. The van der Waals surface area contributed by atoms with E-state index in [4.69, 9.17) is 14.2 Å². The first-order valence-electron chi connectivity index (χ1n) is 19.2. The second kappa shape index (κ2) is 14.7. The predicted molar refractivity (Wildman–Crippen MR) is 197 cm³/mol. The zero-order chi connectivity index (χ0) is 37.6. The lowest BCUT2D eigenvalue weighted by Gasteiger charge is -2.69. The van der Waals surface area contributed by atoms with Gasteiger partial charge in [0.05, 0.1) is 32.1 Å². The molecule has 0 amide bonds. The summed E-state index contributed by atoms with van der Waals surface area (Å²) in [4.78, 5) is 27.0. The van der Waals surface area contributed by atoms with Gasteiger partial charge in [0.25, 0.3) is 0 Å². The van der Waals surface area contributed by atoms with E-state index in [1.165, 1.54) is 6.92 Å². The number of methoxy groups -OCH3 is 1. The molecule has 0 aliphatic heterocycles. The standard InChI is InChI=1S/C42H59N3O7/c1-25(2)10-9-11-31(39(49)51-24-29-23-45(44-43-29)22-28-12-14-30(50-8)15-13-28)37-33-20-35(48)38-40(5)18-17-34(47)26(3)32(40)16-19-41(38,6)42(33,7)21-36(37)52-27(4)46/h10,12-15,23,26,32-36,38,47-48H,9,11,16-22,24H2,1-8H3/b37-31-/t26-,32-,33-,34+,35+,36-,38-,40-,41-,42-/m0/s1. The van der Waals surface area contributed by atoms with Gasteiger partial charge < -0.3 is 24.4 Å². The second-order valence-electron chi connectivity index (χ2n) is 17.2. The topological polar surface area (TPSA) is 133 Å². The summed E-state index contributed by atoms with van der Waals surface area (Å²) in [6, 6.07) is 7.73. The third-order valence-electron chi connectivity index (χ3n) is 14.0. The molecule has 52 heavy (non-hydrogen) atoms. The maximum absolute atomic E-state index is 14.3. The number of esters is 2. The summed E-state index contributed by atoms with van der Waals surface area (Å²) in [7, 11) is 1.63. The molecule has 284 valence electrons. The fourth-order valence-electron chi connectivity index (χ4n) is 11.4. The fraction of sp³-hybridized carbons (Fsp3) is 0.667. The molecule has 10 heteroatoms. The first kappa shape index (κ1) is 38.2. The summed E-state index contributed by atoms with van der Waals surface area (Å²) < 4.78 is 19.1. The van der Waals surface area contributed by atoms with Gasteiger partial charge in [0.15, 0.2) is 0 Å². The molecule has 2 aromatic rings. The summed E-state index contributed by atoms with van der Waals surface area (Å²) in [5.74, 6) is 0.302. The van der Waals surface area contributed by atoms with E-state index >= 15 is 0 Å². The SMILES string of the molecule is COc1ccc(Cn2cc(COC(=O)/C(CCC=C(C)C)=C3\[C@@H](OC(C)=O)C[C@@]4(C)[C@H]3C[C@@H](O)[C@H]3[C@@]5(C)CC[C@@H](O)[C@@H](C)[C@@H]5CC[C@@]34C)nn2)cc1. The number of benzene rings is 1. The lowest BCUT2D eigenvalue weighted by molar-refractivity contribution is -0.234. The highest BCUT2D eigenvalue weighted by Crippen LogP contribution is 2.74. The average Bonchev–Trinajstić information content (AvgIpc) is 3.65. The molecule has 2 N–H and O–H groups in total. The summed E-state index contributed by atoms with van der Waals surface area (Å²) in [5, 5.41) is 31.7. The number of aromatic nitrogens is 3. The van der Waals surface area contributed by atoms with Gasteiger partial charge in [-0.2, -0.15) is 0 Å². The Morgan fingerprint density at radius 3 is 2.42 bits per heavy atom. The van der Waals surface area contributed by atoms with Gasteiger partial charge in [-0.1, -0.05) is 56.7 Å². The molecule has 4 fully saturated rings. The summed E-state index contributed by atoms with van der Waals surface area (Å²) in [6.45, 7) is 15.1. The van der Waals surface area contributed by atoms with Gasteiger partial charge in [-0.3, -0.25) is 4.79 Å². The van der Waals surface area contributed by atoms with Crippen LogP contribution in [0.5, 0.6) is 5.75 Å². The van der Waals surface area contributed by atoms with E-state index in [2.05, 4.69) is 44.1 Å². The number of aliphatic hydroxyl groups is 2. The number of hydrogen-bond donors (Lipinski definition) is 2. The van der Waals surface area contributed by atoms with Crippen LogP contribution in [0.3, 0.4) is 0 Å². The van der Waals surface area contributed by atoms with Crippen LogP contribution in [-0.2, 0) is 32.2 Å². The molecule has 0 saturated heterocycles. The Balaban J connectivity index is 1.32. The predicted octanol–water partition coefficient (Wildman–Crippen LogP) is 6.97. The number of carbonyl (C=O) groups excluding carboxylic acids is 2. The Bertz CT molecular complexity index is 1690. The maximum atomic E-state index is 14.3. The molecule has 0 spiro atoms. The van der Waals surface area contributed by atoms with E-state index in [1.54, 1.807) is 18.0 Å². The first-order chi connectivity index (χ1) is 24.6. The van der Waals surface area contributed by atoms with Crippen LogP contribution < -0.4 is 4.74 Å². The van der Waals surface area contributed by atoms with Crippen LogP contribution in [0.25, 0.3) is 0 Å². The van der Waals surface area contributed by atoms with Crippen molar-refractivity contribution in [1.82, 2.24) is 15.0 Å². The van der Waals surface area contributed by atoms with Crippen molar-refractivity contribution in [3.63, 3.8) is 0 Å². The highest BCUT2D eigenvalue weighted by atomic mass is 16.5. The van der Waals surface area contributed by atoms with E-state index < -0.39 is 18.2 Å². The maximum Gasteiger partial charge on any atom is 0.334 e. The average molecular weight is 718 g/mol. The highest BCUT2D eigenvalue weighted by molar-refractivity contribution is 5.90. The zero-order valence-electron chi connectivity index (χ0n) is 32.4. The number of nitrogens with zero attached hydrogens (tertiary/aromatic N) is 3. The van der Waals surface area contributed by atoms with Gasteiger partial charge in [0, 0.05) is 12.5 Å². The molecule has 4 saturated carbocycles. The molecule has 4 aliphatic carbocycles. The number of ether oxygens (including phenoxy) is 3. The van der Waals surface area contributed by atoms with Gasteiger partial charge >= 0.3 is 11.9 Å². The highest BCUT2D eigenvalue weighted by Gasteiger charge is 2.70. The Morgan fingerprint density at radius 2 is 1.75 bits per heavy atom. The number of aliphatic hydroxyl groups excluding tert-OH is 2. The molecule has 0 radical (unpaired) electrons. The van der Waals surface area contributed by atoms with Crippen LogP contribution in [0.2, 0.25) is 0 Å². The van der Waals surface area contributed by atoms with E-state index in [9.17, 15) is 19.8 Å². The Labute approximate surface area is 309 Å². The molecule has 1 aromatic carbocycles. The van der Waals surface area contributed by atoms with Gasteiger partial charge in [-0.05, 0) is 128 Å². The smallest absolute Gasteiger partial charge is 0.334 e. The first-order valence-corrected chi connectivity index (χ1v) is 19.2. The number of hydrogen-bond acceptors (Lipinski definition) is 9. The minimum Gasteiger partial charge on any atom is -0.497 e. The number of allylic oxidation sites excluding steroid dienone is 2. The van der Waals surface area contributed by atoms with Gasteiger partial charge in [0.2, 0.25) is 0 Å². The van der Waals surface area contributed by atoms with Crippen LogP contribution in [0.15, 0.2) is 53.3 Å². The quantitative estimate of drug-likeness (QED) is 0.152. The van der Waals surface area contributed by atoms with Crippen molar-refractivity contribution in [2.45, 2.75) is 131 Å². The number of rotatable bonds is 10. The molecule has 10 nitrogen and oxygen atoms in total. The van der Waals surface area contributed by atoms with Gasteiger partial charge in [0.1, 0.15) is 24.2 Å². The summed E-state index contributed by atoms with van der Waals surface area (Å²) in [6.07, 6.45) is 8.03. The van der Waals surface area contributed by atoms with E-state index in [-0.39, 0.29) is 52.7 Å². The van der Waals surface area contributed by atoms with Crippen molar-refractivity contribution < 1.29 is 34.0 Å². The second-order valence-corrected chi connectivity index (χ2v) is 17.2. The van der Waals surface area contributed by atoms with Crippen LogP contribution in [-0.4, -0.2) is 62.6 Å². The summed E-state index contributed by atoms with van der Waals surface area (Å²) >= 11 is 0. The largest absolute Gasteiger partial charge is 0.497 e. The zero-order valence-corrected chi connectivity index (χ0v) is 32.4. The summed E-state index contributed by atoms with van der Waals surface area (Å²) in [5.41, 5.74) is 3.32. The van der Waals surface area contributed by atoms with Crippen molar-refractivity contribution in [3.8, 4) is 5.75 Å². The molecule has 0 unspecified atom stereocenters. The van der Waals surface area contributed by atoms with Crippen LogP contribution in [0.4, 0.5) is 0 Å².